The van der Waals surface area contributed by atoms with Crippen LogP contribution in [0.4, 0.5) is 13.2 Å². The van der Waals surface area contributed by atoms with Gasteiger partial charge in [-0.05, 0) is 31.9 Å². The Hall–Kier alpha value is -2.25. The van der Waals surface area contributed by atoms with Crippen LogP contribution in [0.5, 0.6) is 11.5 Å². The largest absolute Gasteiger partial charge is 0.496 e. The number of alkyl halides is 3. The van der Waals surface area contributed by atoms with Gasteiger partial charge in [0.15, 0.2) is 5.78 Å². The number of Topliss-reactive ketones (excluding diaryl/α,β-unsaturated/α-hetero) is 1. The van der Waals surface area contributed by atoms with Gasteiger partial charge in [0.1, 0.15) is 17.0 Å². The zero-order valence-corrected chi connectivity index (χ0v) is 13.5. The smallest absolute Gasteiger partial charge is 0.471 e. The first-order valence-corrected chi connectivity index (χ1v) is 7.27. The summed E-state index contributed by atoms with van der Waals surface area (Å²) in [5, 5.41) is 1.89. The Morgan fingerprint density at radius 1 is 1.12 bits per heavy atom. The summed E-state index contributed by atoms with van der Waals surface area (Å²) in [5.41, 5.74) is -0.269. The molecule has 2 rings (SSSR count). The predicted molar refractivity (Wildman–Crippen MR) is 79.2 cm³/mol. The summed E-state index contributed by atoms with van der Waals surface area (Å²) in [7, 11) is 2.92. The molecule has 1 unspecified atom stereocenters. The van der Waals surface area contributed by atoms with Gasteiger partial charge in [0, 0.05) is 17.5 Å². The van der Waals surface area contributed by atoms with Crippen molar-refractivity contribution >= 4 is 11.7 Å². The van der Waals surface area contributed by atoms with E-state index in [1.165, 1.54) is 21.1 Å². The van der Waals surface area contributed by atoms with Gasteiger partial charge in [0.2, 0.25) is 0 Å². The van der Waals surface area contributed by atoms with Crippen LogP contribution in [0.25, 0.3) is 0 Å². The molecular weight excluding hydrogens is 327 g/mol. The number of hydrogen-bond acceptors (Lipinski definition) is 4. The number of ether oxygens (including phenoxy) is 2. The lowest BCUT2D eigenvalue weighted by atomic mass is 9.75. The van der Waals surface area contributed by atoms with E-state index in [2.05, 4.69) is 0 Å². The van der Waals surface area contributed by atoms with Crippen LogP contribution >= 0.6 is 0 Å². The Morgan fingerprint density at radius 2 is 1.67 bits per heavy atom. The Bertz CT molecular complexity index is 672. The molecule has 24 heavy (non-hydrogen) atoms. The third-order valence-corrected chi connectivity index (χ3v) is 4.35. The van der Waals surface area contributed by atoms with Crippen molar-refractivity contribution in [2.45, 2.75) is 37.9 Å². The van der Waals surface area contributed by atoms with Crippen LogP contribution < -0.4 is 14.8 Å². The van der Waals surface area contributed by atoms with E-state index < -0.39 is 23.4 Å². The molecule has 0 spiro atoms. The maximum atomic E-state index is 12.6. The zero-order valence-electron chi connectivity index (χ0n) is 13.5. The molecule has 1 aromatic rings. The van der Waals surface area contributed by atoms with Crippen molar-refractivity contribution < 1.29 is 32.2 Å². The number of amides is 1. The average Bonchev–Trinajstić information content (AvgIpc) is 2.52. The molecule has 0 aliphatic heterocycles. The fourth-order valence-corrected chi connectivity index (χ4v) is 3.01. The van der Waals surface area contributed by atoms with Crippen LogP contribution in [0.15, 0.2) is 12.1 Å². The van der Waals surface area contributed by atoms with Crippen molar-refractivity contribution in [1.82, 2.24) is 5.32 Å². The highest BCUT2D eigenvalue weighted by atomic mass is 19.4. The van der Waals surface area contributed by atoms with Crippen molar-refractivity contribution in [3.8, 4) is 11.5 Å². The lowest BCUT2D eigenvalue weighted by Crippen LogP contribution is -2.59. The van der Waals surface area contributed by atoms with Gasteiger partial charge in [-0.2, -0.15) is 13.2 Å². The second-order valence-electron chi connectivity index (χ2n) is 5.69. The molecule has 0 heterocycles. The fourth-order valence-electron chi connectivity index (χ4n) is 3.01. The molecule has 0 radical (unpaired) electrons. The molecule has 132 valence electrons. The predicted octanol–water partition coefficient (Wildman–Crippen LogP) is 2.20. The molecule has 1 aliphatic rings. The number of nitrogens with one attached hydrogen (secondary N) is 1. The molecule has 0 saturated heterocycles. The van der Waals surface area contributed by atoms with E-state index in [1.54, 1.807) is 12.1 Å². The van der Waals surface area contributed by atoms with E-state index in [-0.39, 0.29) is 19.3 Å². The van der Waals surface area contributed by atoms with E-state index in [0.29, 0.717) is 17.1 Å². The molecular formula is C16H18F3NO4. The third kappa shape index (κ3) is 3.18. The molecule has 0 saturated carbocycles. The molecule has 0 aromatic heterocycles. The Morgan fingerprint density at radius 3 is 2.12 bits per heavy atom. The molecule has 5 nitrogen and oxygen atoms in total. The Balaban J connectivity index is 2.46. The number of methoxy groups -OCH3 is 2. The normalized spacial score (nSPS) is 20.1. The SMILES string of the molecule is COc1ccc(OC)c2c1CCC(NC(=O)C(F)(F)F)(C(C)=O)C2. The minimum absolute atomic E-state index is 0.0562. The first-order chi connectivity index (χ1) is 11.1. The summed E-state index contributed by atoms with van der Waals surface area (Å²) in [6.07, 6.45) is -4.80. The highest BCUT2D eigenvalue weighted by molar-refractivity contribution is 5.93. The van der Waals surface area contributed by atoms with Gasteiger partial charge in [-0.1, -0.05) is 0 Å². The summed E-state index contributed by atoms with van der Waals surface area (Å²) < 4.78 is 48.4. The summed E-state index contributed by atoms with van der Waals surface area (Å²) in [4.78, 5) is 23.5. The molecule has 1 aliphatic carbocycles. The maximum absolute atomic E-state index is 12.6. The number of halogens is 3. The van der Waals surface area contributed by atoms with E-state index in [1.807, 2.05) is 5.32 Å². The lowest BCUT2D eigenvalue weighted by molar-refractivity contribution is -0.176. The number of fused-ring (bicyclic) bond motifs is 1. The van der Waals surface area contributed by atoms with E-state index >= 15 is 0 Å². The zero-order chi connectivity index (χ0) is 18.1. The fraction of sp³-hybridized carbons (Fsp3) is 0.500. The molecule has 1 atom stereocenters. The standard InChI is InChI=1S/C16H18F3NO4/c1-9(21)15(20-14(22)16(17,18)19)7-6-10-11(8-15)13(24-3)5-4-12(10)23-2/h4-5H,6-8H2,1-3H3,(H,20,22). The molecule has 0 fully saturated rings. The van der Waals surface area contributed by atoms with Gasteiger partial charge in [0.05, 0.1) is 14.2 Å². The van der Waals surface area contributed by atoms with Gasteiger partial charge in [-0.3, -0.25) is 9.59 Å². The summed E-state index contributed by atoms with van der Waals surface area (Å²) in [6.45, 7) is 1.17. The highest BCUT2D eigenvalue weighted by Gasteiger charge is 2.48. The third-order valence-electron chi connectivity index (χ3n) is 4.35. The number of carbonyl (C=O) groups is 2. The van der Waals surface area contributed by atoms with Crippen LogP contribution in [0.2, 0.25) is 0 Å². The summed E-state index contributed by atoms with van der Waals surface area (Å²) in [5.74, 6) is -1.64. The maximum Gasteiger partial charge on any atom is 0.471 e. The molecule has 8 heteroatoms. The molecule has 1 amide bonds. The van der Waals surface area contributed by atoms with E-state index in [0.717, 1.165) is 5.56 Å². The van der Waals surface area contributed by atoms with Gasteiger partial charge in [-0.25, -0.2) is 0 Å². The number of rotatable bonds is 4. The molecule has 1 N–H and O–H groups in total. The van der Waals surface area contributed by atoms with Gasteiger partial charge in [0.25, 0.3) is 0 Å². The second-order valence-corrected chi connectivity index (χ2v) is 5.69. The number of hydrogen-bond donors (Lipinski definition) is 1. The van der Waals surface area contributed by atoms with Gasteiger partial charge >= 0.3 is 12.1 Å². The number of carbonyl (C=O) groups excluding carboxylic acids is 2. The van der Waals surface area contributed by atoms with Crippen LogP contribution in [-0.4, -0.2) is 37.6 Å². The summed E-state index contributed by atoms with van der Waals surface area (Å²) in [6, 6.07) is 3.33. The van der Waals surface area contributed by atoms with Gasteiger partial charge in [-0.15, -0.1) is 0 Å². The van der Waals surface area contributed by atoms with E-state index in [9.17, 15) is 22.8 Å². The highest BCUT2D eigenvalue weighted by Crippen LogP contribution is 2.40. The monoisotopic (exact) mass is 345 g/mol. The minimum atomic E-state index is -5.05. The molecule has 0 bridgehead atoms. The van der Waals surface area contributed by atoms with E-state index in [4.69, 9.17) is 9.47 Å². The average molecular weight is 345 g/mol. The Kier molecular flexibility index (Phi) is 4.77. The molecule has 1 aromatic carbocycles. The Labute approximate surface area is 137 Å². The van der Waals surface area contributed by atoms with Crippen molar-refractivity contribution in [3.63, 3.8) is 0 Å². The quantitative estimate of drug-likeness (QED) is 0.909. The van der Waals surface area contributed by atoms with Crippen molar-refractivity contribution in [3.05, 3.63) is 23.3 Å². The first-order valence-electron chi connectivity index (χ1n) is 7.27. The van der Waals surface area contributed by atoms with Crippen molar-refractivity contribution in [2.24, 2.45) is 0 Å². The number of benzene rings is 1. The number of ketones is 1. The van der Waals surface area contributed by atoms with Crippen LogP contribution in [0.3, 0.4) is 0 Å². The topological polar surface area (TPSA) is 64.6 Å². The lowest BCUT2D eigenvalue weighted by Gasteiger charge is -2.38. The van der Waals surface area contributed by atoms with Crippen molar-refractivity contribution in [2.75, 3.05) is 14.2 Å². The van der Waals surface area contributed by atoms with Crippen molar-refractivity contribution in [1.29, 1.82) is 0 Å². The first kappa shape index (κ1) is 18.1. The van der Waals surface area contributed by atoms with Crippen LogP contribution in [0, 0.1) is 0 Å². The van der Waals surface area contributed by atoms with Gasteiger partial charge < -0.3 is 14.8 Å². The van der Waals surface area contributed by atoms with Crippen LogP contribution in [-0.2, 0) is 22.4 Å². The summed E-state index contributed by atoms with van der Waals surface area (Å²) >= 11 is 0. The minimum Gasteiger partial charge on any atom is -0.496 e. The van der Waals surface area contributed by atoms with Crippen LogP contribution in [0.1, 0.15) is 24.5 Å². The second kappa shape index (κ2) is 6.33.